The first-order chi connectivity index (χ1) is 14.6. The highest BCUT2D eigenvalue weighted by atomic mass is 32.2. The lowest BCUT2D eigenvalue weighted by atomic mass is 10.2. The number of nitrogens with zero attached hydrogens (tertiary/aromatic N) is 6. The van der Waals surface area contributed by atoms with Gasteiger partial charge in [-0.3, -0.25) is 0 Å². The number of aryl methyl sites for hydroxylation is 1. The van der Waals surface area contributed by atoms with E-state index >= 15 is 0 Å². The molecule has 0 saturated heterocycles. The van der Waals surface area contributed by atoms with E-state index in [-0.39, 0.29) is 10.6 Å². The lowest BCUT2D eigenvalue weighted by Crippen LogP contribution is -2.21. The lowest BCUT2D eigenvalue weighted by Gasteiger charge is -2.20. The molecular weight excluding hydrogens is 412 g/mol. The number of hydrogen-bond acceptors (Lipinski definition) is 8. The molecule has 0 aromatic heterocycles. The van der Waals surface area contributed by atoms with Gasteiger partial charge in [0, 0.05) is 18.8 Å². The van der Waals surface area contributed by atoms with Crippen LogP contribution in [0.25, 0.3) is 0 Å². The summed E-state index contributed by atoms with van der Waals surface area (Å²) in [6.07, 6.45) is 2.11. The number of thioether (sulfide) groups is 2. The standard InChI is InChI=1S/C22H24N6S2/c1-4-28(5-2)18-12-10-17(11-13-18)25-27-22-23-21-19(29-22)14-20(30-21)26-24-16-8-6-15(3)7-9-16/h6-14,19,21H,4-5H2,1-3H3. The zero-order valence-corrected chi connectivity index (χ0v) is 18.9. The third kappa shape index (κ3) is 4.99. The minimum absolute atomic E-state index is 0.0981. The van der Waals surface area contributed by atoms with Crippen LogP contribution in [0.3, 0.4) is 0 Å². The predicted octanol–water partition coefficient (Wildman–Crippen LogP) is 7.09. The van der Waals surface area contributed by atoms with E-state index in [1.165, 1.54) is 11.3 Å². The second-order valence-electron chi connectivity index (χ2n) is 6.93. The van der Waals surface area contributed by atoms with Gasteiger partial charge in [-0.15, -0.1) is 15.3 Å². The van der Waals surface area contributed by atoms with E-state index in [0.29, 0.717) is 0 Å². The Morgan fingerprint density at radius 2 is 1.47 bits per heavy atom. The molecule has 2 aliphatic heterocycles. The van der Waals surface area contributed by atoms with Crippen LogP contribution >= 0.6 is 23.5 Å². The Morgan fingerprint density at radius 3 is 2.10 bits per heavy atom. The molecule has 154 valence electrons. The van der Waals surface area contributed by atoms with Gasteiger partial charge < -0.3 is 4.90 Å². The molecule has 8 heteroatoms. The zero-order chi connectivity index (χ0) is 20.9. The Morgan fingerprint density at radius 1 is 0.833 bits per heavy atom. The van der Waals surface area contributed by atoms with Crippen LogP contribution in [0.5, 0.6) is 0 Å². The van der Waals surface area contributed by atoms with Crippen LogP contribution < -0.4 is 4.90 Å². The van der Waals surface area contributed by atoms with Gasteiger partial charge in [-0.05, 0) is 63.2 Å². The van der Waals surface area contributed by atoms with Crippen molar-refractivity contribution in [1.82, 2.24) is 0 Å². The molecule has 0 amide bonds. The van der Waals surface area contributed by atoms with Crippen molar-refractivity contribution in [1.29, 1.82) is 0 Å². The van der Waals surface area contributed by atoms with Crippen LogP contribution in [0.1, 0.15) is 19.4 Å². The van der Waals surface area contributed by atoms with Crippen LogP contribution in [-0.4, -0.2) is 28.9 Å². The Hall–Kier alpha value is -2.45. The average Bonchev–Trinajstić information content (AvgIpc) is 3.32. The van der Waals surface area contributed by atoms with E-state index in [0.717, 1.165) is 34.7 Å². The van der Waals surface area contributed by atoms with Crippen molar-refractivity contribution in [3.8, 4) is 0 Å². The topological polar surface area (TPSA) is 65.0 Å². The predicted molar refractivity (Wildman–Crippen MR) is 128 cm³/mol. The normalized spacial score (nSPS) is 20.6. The molecule has 0 bridgehead atoms. The molecule has 6 nitrogen and oxygen atoms in total. The minimum atomic E-state index is 0.0981. The first-order valence-electron chi connectivity index (χ1n) is 10.0. The summed E-state index contributed by atoms with van der Waals surface area (Å²) < 4.78 is 0. The van der Waals surface area contributed by atoms with Gasteiger partial charge in [-0.2, -0.15) is 5.11 Å². The van der Waals surface area contributed by atoms with Crippen LogP contribution in [0.15, 0.2) is 85.1 Å². The van der Waals surface area contributed by atoms with Gasteiger partial charge in [-0.25, -0.2) is 4.99 Å². The SMILES string of the molecule is CCN(CC)c1ccc(N=NC2=NC3SC(N=Nc4ccc(C)cc4)=CC3S2)cc1. The molecule has 30 heavy (non-hydrogen) atoms. The second-order valence-corrected chi connectivity index (χ2v) is 9.21. The van der Waals surface area contributed by atoms with Crippen LogP contribution in [-0.2, 0) is 0 Å². The Labute approximate surface area is 185 Å². The zero-order valence-electron chi connectivity index (χ0n) is 17.3. The molecule has 0 spiro atoms. The largest absolute Gasteiger partial charge is 0.372 e. The molecule has 0 saturated carbocycles. The maximum Gasteiger partial charge on any atom is 0.206 e. The number of rotatable bonds is 6. The summed E-state index contributed by atoms with van der Waals surface area (Å²) in [7, 11) is 0. The summed E-state index contributed by atoms with van der Waals surface area (Å²) in [4.78, 5) is 6.98. The Kier molecular flexibility index (Phi) is 6.64. The molecule has 2 heterocycles. The van der Waals surface area contributed by atoms with E-state index in [4.69, 9.17) is 0 Å². The molecule has 0 aliphatic carbocycles. The van der Waals surface area contributed by atoms with E-state index in [1.807, 2.05) is 36.4 Å². The molecule has 2 unspecified atom stereocenters. The summed E-state index contributed by atoms with van der Waals surface area (Å²) >= 11 is 3.25. The monoisotopic (exact) mass is 436 g/mol. The molecule has 0 N–H and O–H groups in total. The van der Waals surface area contributed by atoms with Crippen molar-refractivity contribution in [2.75, 3.05) is 18.0 Å². The van der Waals surface area contributed by atoms with E-state index in [9.17, 15) is 0 Å². The maximum atomic E-state index is 4.67. The van der Waals surface area contributed by atoms with Gasteiger partial charge in [-0.1, -0.05) is 41.2 Å². The number of aliphatic imine (C=N–C) groups is 1. The summed E-state index contributed by atoms with van der Waals surface area (Å²) in [5.41, 5.74) is 4.11. The van der Waals surface area contributed by atoms with Gasteiger partial charge in [0.1, 0.15) is 10.4 Å². The molecule has 0 radical (unpaired) electrons. The fourth-order valence-corrected chi connectivity index (χ4v) is 5.44. The lowest BCUT2D eigenvalue weighted by molar-refractivity contribution is 0.866. The van der Waals surface area contributed by atoms with Crippen molar-refractivity contribution in [2.45, 2.75) is 31.4 Å². The quantitative estimate of drug-likeness (QED) is 0.454. The van der Waals surface area contributed by atoms with Crippen molar-refractivity contribution < 1.29 is 0 Å². The van der Waals surface area contributed by atoms with Gasteiger partial charge in [0.25, 0.3) is 0 Å². The van der Waals surface area contributed by atoms with Crippen molar-refractivity contribution in [2.24, 2.45) is 25.4 Å². The summed E-state index contributed by atoms with van der Waals surface area (Å²) in [5.74, 6) is 0. The molecular formula is C22H24N6S2. The first kappa shape index (κ1) is 20.8. The van der Waals surface area contributed by atoms with Gasteiger partial charge in [0.15, 0.2) is 0 Å². The second kappa shape index (κ2) is 9.57. The maximum absolute atomic E-state index is 4.67. The Balaban J connectivity index is 1.33. The fourth-order valence-electron chi connectivity index (χ4n) is 3.15. The van der Waals surface area contributed by atoms with Crippen molar-refractivity contribution >= 4 is 45.8 Å². The molecule has 2 aliphatic rings. The number of hydrogen-bond donors (Lipinski definition) is 0. The summed E-state index contributed by atoms with van der Waals surface area (Å²) in [6.45, 7) is 8.36. The van der Waals surface area contributed by atoms with Gasteiger partial charge in [0.05, 0.1) is 16.6 Å². The molecule has 2 atom stereocenters. The highest BCUT2D eigenvalue weighted by Gasteiger charge is 2.35. The minimum Gasteiger partial charge on any atom is -0.372 e. The summed E-state index contributed by atoms with van der Waals surface area (Å²) in [5, 5.41) is 19.3. The van der Waals surface area contributed by atoms with E-state index < -0.39 is 0 Å². The van der Waals surface area contributed by atoms with Gasteiger partial charge >= 0.3 is 0 Å². The van der Waals surface area contributed by atoms with E-state index in [1.54, 1.807) is 23.5 Å². The third-order valence-corrected chi connectivity index (χ3v) is 7.17. The molecule has 4 rings (SSSR count). The van der Waals surface area contributed by atoms with Crippen LogP contribution in [0.4, 0.5) is 17.1 Å². The number of anilines is 1. The number of fused-ring (bicyclic) bond motifs is 1. The third-order valence-electron chi connectivity index (χ3n) is 4.84. The Bertz CT molecular complexity index is 991. The van der Waals surface area contributed by atoms with Crippen molar-refractivity contribution in [3.05, 3.63) is 65.2 Å². The number of amidine groups is 1. The highest BCUT2D eigenvalue weighted by molar-refractivity contribution is 8.16. The molecule has 2 aromatic carbocycles. The smallest absolute Gasteiger partial charge is 0.206 e. The average molecular weight is 437 g/mol. The fraction of sp³-hybridized carbons (Fsp3) is 0.318. The van der Waals surface area contributed by atoms with Crippen LogP contribution in [0.2, 0.25) is 0 Å². The van der Waals surface area contributed by atoms with Gasteiger partial charge in [0.2, 0.25) is 5.17 Å². The first-order valence-corrected chi connectivity index (χ1v) is 11.8. The van der Waals surface area contributed by atoms with E-state index in [2.05, 4.69) is 69.3 Å². The summed E-state index contributed by atoms with van der Waals surface area (Å²) in [6, 6.07) is 16.2. The number of azo groups is 2. The number of benzene rings is 2. The molecule has 0 fully saturated rings. The van der Waals surface area contributed by atoms with Crippen LogP contribution in [0, 0.1) is 6.92 Å². The highest BCUT2D eigenvalue weighted by Crippen LogP contribution is 2.45. The molecule has 2 aromatic rings. The van der Waals surface area contributed by atoms with Crippen molar-refractivity contribution in [3.63, 3.8) is 0 Å².